The molecule has 0 aromatic heterocycles. The van der Waals surface area contributed by atoms with Crippen LogP contribution < -0.4 is 0 Å². The minimum absolute atomic E-state index is 0.0354. The summed E-state index contributed by atoms with van der Waals surface area (Å²) in [5.41, 5.74) is -0.419. The Morgan fingerprint density at radius 3 is 1.88 bits per heavy atom. The molecular formula is C38H50O4. The fourth-order valence-electron chi connectivity index (χ4n) is 8.56. The number of hydrogen-bond acceptors (Lipinski definition) is 4. The molecule has 0 radical (unpaired) electrons. The molecule has 0 heterocycles. The Kier molecular flexibility index (Phi) is 8.57. The Bertz CT molecular complexity index is 1410. The number of aliphatic hydroxyl groups excluding tert-OH is 1. The van der Waals surface area contributed by atoms with Crippen LogP contribution in [0.15, 0.2) is 82.5 Å². The highest BCUT2D eigenvalue weighted by Gasteiger charge is 2.88. The molecular weight excluding hydrogens is 520 g/mol. The fourth-order valence-corrected chi connectivity index (χ4v) is 8.56. The topological polar surface area (TPSA) is 74.6 Å². The molecule has 2 N–H and O–H groups in total. The molecule has 1 aromatic rings. The van der Waals surface area contributed by atoms with Gasteiger partial charge in [0.15, 0.2) is 11.6 Å². The quantitative estimate of drug-likeness (QED) is 0.135. The van der Waals surface area contributed by atoms with Gasteiger partial charge in [-0.05, 0) is 99.3 Å². The van der Waals surface area contributed by atoms with Gasteiger partial charge < -0.3 is 10.2 Å². The van der Waals surface area contributed by atoms with Crippen LogP contribution in [0, 0.1) is 28.1 Å². The molecule has 226 valence electrons. The first-order valence-corrected chi connectivity index (χ1v) is 15.5. The van der Waals surface area contributed by atoms with Crippen LogP contribution in [0.5, 0.6) is 0 Å². The average molecular weight is 571 g/mol. The lowest BCUT2D eigenvalue weighted by Crippen LogP contribution is -2.78. The van der Waals surface area contributed by atoms with Crippen LogP contribution >= 0.6 is 0 Å². The van der Waals surface area contributed by atoms with Gasteiger partial charge in [0, 0.05) is 11.0 Å². The van der Waals surface area contributed by atoms with Crippen molar-refractivity contribution < 1.29 is 19.8 Å². The minimum Gasteiger partial charge on any atom is -0.507 e. The summed E-state index contributed by atoms with van der Waals surface area (Å²) in [5.74, 6) is -1.25. The van der Waals surface area contributed by atoms with Crippen molar-refractivity contribution in [3.63, 3.8) is 0 Å². The van der Waals surface area contributed by atoms with Gasteiger partial charge in [-0.1, -0.05) is 83.9 Å². The van der Waals surface area contributed by atoms with Crippen LogP contribution in [-0.4, -0.2) is 27.4 Å². The molecule has 2 unspecified atom stereocenters. The molecule has 0 spiro atoms. The van der Waals surface area contributed by atoms with Crippen molar-refractivity contribution in [1.82, 2.24) is 0 Å². The summed E-state index contributed by atoms with van der Waals surface area (Å²) in [6.45, 7) is 18.3. The van der Waals surface area contributed by atoms with Gasteiger partial charge in [0.2, 0.25) is 0 Å². The molecule has 4 aliphatic rings. The standard InChI is InChI=1S/C38H50O4/c1-24(2)15-17-29-23-36(21-19-26(5)6)34(41)37(22-20-27(7)8)30(18-16-25(3)4)35(29,9)38(36,42)31(33(37)40)32(39)28-13-11-10-12-14-28/h10-16,19-20,29-30,39,42H,17-18,21-23H2,1-9H3/b32-31-/t29-,30?,35-,36+,37?,38-/m0/s1. The number of allylic oxidation sites excluding steroid dienone is 8. The Balaban J connectivity index is 2.20. The van der Waals surface area contributed by atoms with E-state index in [1.54, 1.807) is 12.1 Å². The molecule has 4 bridgehead atoms. The van der Waals surface area contributed by atoms with E-state index < -0.39 is 33.5 Å². The lowest BCUT2D eigenvalue weighted by molar-refractivity contribution is -0.218. The number of carbonyl (C=O) groups excluding carboxylic acids is 2. The van der Waals surface area contributed by atoms with E-state index in [-0.39, 0.29) is 29.5 Å². The molecule has 4 nitrogen and oxygen atoms in total. The van der Waals surface area contributed by atoms with Crippen molar-refractivity contribution in [2.45, 2.75) is 100 Å². The SMILES string of the molecule is CC(C)=CCC1C2(CC=C(C)C)C(=O)/C(=C(/O)c3ccccc3)[C@@]3(O)[C@](CC=C(C)C)(C[C@H](CC=C(C)C)[C@@]13C)C2=O. The highest BCUT2D eigenvalue weighted by molar-refractivity contribution is 6.25. The number of aliphatic hydroxyl groups is 2. The van der Waals surface area contributed by atoms with Crippen molar-refractivity contribution in [3.8, 4) is 0 Å². The normalized spacial score (nSPS) is 34.1. The molecule has 4 saturated carbocycles. The molecule has 4 heteroatoms. The maximum atomic E-state index is 15.3. The number of fused-ring (bicyclic) bond motifs is 1. The molecule has 4 fully saturated rings. The molecule has 6 atom stereocenters. The van der Waals surface area contributed by atoms with Gasteiger partial charge in [-0.3, -0.25) is 9.59 Å². The van der Waals surface area contributed by atoms with Crippen molar-refractivity contribution in [2.75, 3.05) is 0 Å². The monoisotopic (exact) mass is 570 g/mol. The summed E-state index contributed by atoms with van der Waals surface area (Å²) in [5, 5.41) is 25.5. The smallest absolute Gasteiger partial charge is 0.179 e. The highest BCUT2D eigenvalue weighted by atomic mass is 16.3. The number of hydrogen-bond donors (Lipinski definition) is 2. The lowest BCUT2D eigenvalue weighted by Gasteiger charge is -2.67. The maximum absolute atomic E-state index is 15.3. The zero-order chi connectivity index (χ0) is 31.3. The summed E-state index contributed by atoms with van der Waals surface area (Å²) >= 11 is 0. The van der Waals surface area contributed by atoms with Crippen molar-refractivity contribution in [1.29, 1.82) is 0 Å². The molecule has 5 rings (SSSR count). The summed E-state index contributed by atoms with van der Waals surface area (Å²) in [6, 6.07) is 9.02. The van der Waals surface area contributed by atoms with Crippen LogP contribution in [-0.2, 0) is 9.59 Å². The maximum Gasteiger partial charge on any atom is 0.179 e. The minimum atomic E-state index is -1.84. The fraction of sp³-hybridized carbons (Fsp3) is 0.526. The van der Waals surface area contributed by atoms with Crippen LogP contribution in [0.4, 0.5) is 0 Å². The van der Waals surface area contributed by atoms with Crippen LogP contribution in [0.25, 0.3) is 5.76 Å². The second-order valence-corrected chi connectivity index (χ2v) is 14.3. The van der Waals surface area contributed by atoms with E-state index in [0.717, 1.165) is 16.7 Å². The zero-order valence-corrected chi connectivity index (χ0v) is 27.1. The first kappa shape index (κ1) is 31.9. The first-order chi connectivity index (χ1) is 19.6. The number of ketones is 2. The molecule has 1 aromatic carbocycles. The third-order valence-corrected chi connectivity index (χ3v) is 10.6. The lowest BCUT2D eigenvalue weighted by atomic mass is 9.34. The van der Waals surface area contributed by atoms with Gasteiger partial charge >= 0.3 is 0 Å². The highest BCUT2D eigenvalue weighted by Crippen LogP contribution is 2.80. The summed E-state index contributed by atoms with van der Waals surface area (Å²) < 4.78 is 0. The Labute approximate surface area is 253 Å². The van der Waals surface area contributed by atoms with Gasteiger partial charge in [-0.15, -0.1) is 0 Å². The Morgan fingerprint density at radius 2 is 1.33 bits per heavy atom. The van der Waals surface area contributed by atoms with E-state index in [4.69, 9.17) is 0 Å². The zero-order valence-electron chi connectivity index (χ0n) is 27.1. The van der Waals surface area contributed by atoms with Gasteiger partial charge in [0.1, 0.15) is 11.4 Å². The Hall–Kier alpha value is -2.98. The van der Waals surface area contributed by atoms with Gasteiger partial charge in [-0.25, -0.2) is 0 Å². The van der Waals surface area contributed by atoms with E-state index in [9.17, 15) is 10.2 Å². The van der Waals surface area contributed by atoms with Crippen molar-refractivity contribution in [2.24, 2.45) is 28.1 Å². The van der Waals surface area contributed by atoms with E-state index in [0.29, 0.717) is 31.2 Å². The van der Waals surface area contributed by atoms with Gasteiger partial charge in [0.05, 0.1) is 16.4 Å². The van der Waals surface area contributed by atoms with E-state index in [2.05, 4.69) is 32.9 Å². The second-order valence-electron chi connectivity index (χ2n) is 14.3. The molecule has 0 amide bonds. The summed E-state index contributed by atoms with van der Waals surface area (Å²) in [4.78, 5) is 30.4. The van der Waals surface area contributed by atoms with E-state index in [1.807, 2.05) is 71.9 Å². The summed E-state index contributed by atoms with van der Waals surface area (Å²) in [7, 11) is 0. The molecule has 42 heavy (non-hydrogen) atoms. The molecule has 4 aliphatic carbocycles. The Morgan fingerprint density at radius 1 is 0.810 bits per heavy atom. The largest absolute Gasteiger partial charge is 0.507 e. The predicted molar refractivity (Wildman–Crippen MR) is 172 cm³/mol. The number of benzene rings is 1. The van der Waals surface area contributed by atoms with Gasteiger partial charge in [0.25, 0.3) is 0 Å². The third kappa shape index (κ3) is 4.44. The predicted octanol–water partition coefficient (Wildman–Crippen LogP) is 8.89. The molecule has 0 aliphatic heterocycles. The van der Waals surface area contributed by atoms with E-state index in [1.165, 1.54) is 5.57 Å². The van der Waals surface area contributed by atoms with Crippen LogP contribution in [0.2, 0.25) is 0 Å². The first-order valence-electron chi connectivity index (χ1n) is 15.5. The third-order valence-electron chi connectivity index (χ3n) is 10.6. The second kappa shape index (κ2) is 11.3. The number of rotatable bonds is 9. The number of carbonyl (C=O) groups is 2. The van der Waals surface area contributed by atoms with Crippen LogP contribution in [0.1, 0.15) is 100.0 Å². The summed E-state index contributed by atoms with van der Waals surface area (Å²) in [6.07, 6.45) is 10.7. The van der Waals surface area contributed by atoms with E-state index >= 15 is 9.59 Å². The van der Waals surface area contributed by atoms with Crippen molar-refractivity contribution >= 4 is 17.3 Å². The van der Waals surface area contributed by atoms with Crippen molar-refractivity contribution in [3.05, 3.63) is 88.1 Å². The number of Topliss-reactive ketones (excluding diaryl/α,β-unsaturated/α-hetero) is 2. The van der Waals surface area contributed by atoms with Gasteiger partial charge in [-0.2, -0.15) is 0 Å². The average Bonchev–Trinajstić information content (AvgIpc) is 3.08. The van der Waals surface area contributed by atoms with Crippen LogP contribution in [0.3, 0.4) is 0 Å². The molecule has 0 saturated heterocycles.